The van der Waals surface area contributed by atoms with E-state index in [4.69, 9.17) is 0 Å². The number of likely N-dealkylation sites (N-methyl/N-ethyl adjacent to an activating group) is 1. The average Bonchev–Trinajstić information content (AvgIpc) is 2.49. The Morgan fingerprint density at radius 2 is 1.90 bits per heavy atom. The van der Waals surface area contributed by atoms with Gasteiger partial charge in [0.2, 0.25) is 0 Å². The Hall–Kier alpha value is -0.900. The van der Waals surface area contributed by atoms with Gasteiger partial charge < -0.3 is 15.1 Å². The van der Waals surface area contributed by atoms with Crippen molar-refractivity contribution in [3.8, 4) is 0 Å². The molecule has 3 saturated heterocycles. The summed E-state index contributed by atoms with van der Waals surface area (Å²) in [6.07, 6.45) is 2.77. The summed E-state index contributed by atoms with van der Waals surface area (Å²) in [4.78, 5) is 4.94. The van der Waals surface area contributed by atoms with Crippen LogP contribution in [0.1, 0.15) is 24.4 Å². The molecule has 3 heteroatoms. The van der Waals surface area contributed by atoms with Gasteiger partial charge in [0.1, 0.15) is 0 Å². The fourth-order valence-electron chi connectivity index (χ4n) is 3.73. The predicted molar refractivity (Wildman–Crippen MR) is 83.8 cm³/mol. The zero-order valence-corrected chi connectivity index (χ0v) is 12.8. The van der Waals surface area contributed by atoms with Gasteiger partial charge in [-0.1, -0.05) is 30.3 Å². The van der Waals surface area contributed by atoms with Crippen molar-refractivity contribution in [2.45, 2.75) is 24.9 Å². The van der Waals surface area contributed by atoms with Crippen LogP contribution in [0.2, 0.25) is 0 Å². The average molecular weight is 273 g/mol. The second kappa shape index (κ2) is 6.25. The molecule has 3 aliphatic heterocycles. The number of piperidine rings is 3. The molecular weight excluding hydrogens is 246 g/mol. The van der Waals surface area contributed by atoms with E-state index in [0.717, 1.165) is 12.5 Å². The molecule has 0 amide bonds. The fourth-order valence-corrected chi connectivity index (χ4v) is 3.73. The Morgan fingerprint density at radius 3 is 2.45 bits per heavy atom. The van der Waals surface area contributed by atoms with Crippen LogP contribution < -0.4 is 5.32 Å². The minimum atomic E-state index is 0.464. The fraction of sp³-hybridized carbons (Fsp3) is 0.647. The molecule has 1 aromatic carbocycles. The Kier molecular flexibility index (Phi) is 4.39. The highest BCUT2D eigenvalue weighted by Crippen LogP contribution is 2.28. The summed E-state index contributed by atoms with van der Waals surface area (Å²) in [5, 5.41) is 3.85. The molecule has 2 bridgehead atoms. The van der Waals surface area contributed by atoms with E-state index in [-0.39, 0.29) is 0 Å². The van der Waals surface area contributed by atoms with Crippen molar-refractivity contribution in [2.75, 3.05) is 40.3 Å². The number of nitrogens with zero attached hydrogens (tertiary/aromatic N) is 2. The lowest BCUT2D eigenvalue weighted by molar-refractivity contribution is 0.0693. The van der Waals surface area contributed by atoms with E-state index in [2.05, 4.69) is 59.5 Å². The summed E-state index contributed by atoms with van der Waals surface area (Å²) in [7, 11) is 4.35. The highest BCUT2D eigenvalue weighted by Gasteiger charge is 2.34. The SMILES string of the molecule is CN(C)C(CNC1CN2CCC1CC2)c1ccccc1. The van der Waals surface area contributed by atoms with Gasteiger partial charge in [0.05, 0.1) is 0 Å². The van der Waals surface area contributed by atoms with Crippen molar-refractivity contribution in [3.05, 3.63) is 35.9 Å². The normalized spacial score (nSPS) is 30.6. The van der Waals surface area contributed by atoms with Gasteiger partial charge in [0.25, 0.3) is 0 Å². The Labute approximate surface area is 123 Å². The Morgan fingerprint density at radius 1 is 1.20 bits per heavy atom. The van der Waals surface area contributed by atoms with E-state index in [1.54, 1.807) is 0 Å². The molecule has 3 nitrogen and oxygen atoms in total. The van der Waals surface area contributed by atoms with Crippen LogP contribution in [-0.4, -0.2) is 56.1 Å². The summed E-state index contributed by atoms with van der Waals surface area (Å²) in [5.74, 6) is 0.901. The minimum Gasteiger partial charge on any atom is -0.311 e. The first-order valence-electron chi connectivity index (χ1n) is 7.91. The smallest absolute Gasteiger partial charge is 0.0466 e. The van der Waals surface area contributed by atoms with Crippen molar-refractivity contribution >= 4 is 0 Å². The molecule has 2 unspecified atom stereocenters. The third kappa shape index (κ3) is 3.05. The largest absolute Gasteiger partial charge is 0.311 e. The molecule has 3 fully saturated rings. The maximum absolute atomic E-state index is 3.85. The van der Waals surface area contributed by atoms with Gasteiger partial charge in [0.15, 0.2) is 0 Å². The highest BCUT2D eigenvalue weighted by molar-refractivity contribution is 5.19. The predicted octanol–water partition coefficient (Wildman–Crippen LogP) is 1.97. The van der Waals surface area contributed by atoms with Crippen molar-refractivity contribution < 1.29 is 0 Å². The molecule has 0 saturated carbocycles. The molecule has 1 N–H and O–H groups in total. The van der Waals surface area contributed by atoms with Crippen LogP contribution in [0.4, 0.5) is 0 Å². The van der Waals surface area contributed by atoms with E-state index >= 15 is 0 Å². The van der Waals surface area contributed by atoms with Crippen molar-refractivity contribution in [3.63, 3.8) is 0 Å². The molecule has 0 aliphatic carbocycles. The van der Waals surface area contributed by atoms with Crippen LogP contribution in [0.3, 0.4) is 0 Å². The molecule has 3 heterocycles. The number of hydrogen-bond acceptors (Lipinski definition) is 3. The van der Waals surface area contributed by atoms with Crippen molar-refractivity contribution in [1.82, 2.24) is 15.1 Å². The minimum absolute atomic E-state index is 0.464. The number of benzene rings is 1. The lowest BCUT2D eigenvalue weighted by Gasteiger charge is -2.45. The van der Waals surface area contributed by atoms with E-state index in [1.165, 1.54) is 38.0 Å². The quantitative estimate of drug-likeness (QED) is 0.885. The Balaban J connectivity index is 1.60. The molecule has 0 radical (unpaired) electrons. The second-order valence-corrected chi connectivity index (χ2v) is 6.54. The number of hydrogen-bond donors (Lipinski definition) is 1. The maximum Gasteiger partial charge on any atom is 0.0466 e. The first-order chi connectivity index (χ1) is 9.74. The standard InChI is InChI=1S/C17H27N3/c1-19(2)17(15-6-4-3-5-7-15)12-18-16-13-20-10-8-14(16)9-11-20/h3-7,14,16-18H,8-13H2,1-2H3. The first-order valence-corrected chi connectivity index (χ1v) is 7.91. The molecule has 2 atom stereocenters. The topological polar surface area (TPSA) is 18.5 Å². The van der Waals surface area contributed by atoms with Crippen molar-refractivity contribution in [1.29, 1.82) is 0 Å². The van der Waals surface area contributed by atoms with Gasteiger partial charge in [-0.05, 0) is 51.5 Å². The first kappa shape index (κ1) is 14.1. The van der Waals surface area contributed by atoms with Crippen molar-refractivity contribution in [2.24, 2.45) is 5.92 Å². The lowest BCUT2D eigenvalue weighted by Crippen LogP contribution is -2.56. The lowest BCUT2D eigenvalue weighted by atomic mass is 9.84. The zero-order valence-electron chi connectivity index (χ0n) is 12.8. The number of nitrogens with one attached hydrogen (secondary N) is 1. The molecule has 1 aromatic rings. The summed E-state index contributed by atoms with van der Waals surface area (Å²) < 4.78 is 0. The van der Waals surface area contributed by atoms with Gasteiger partial charge in [-0.3, -0.25) is 0 Å². The monoisotopic (exact) mass is 273 g/mol. The van der Waals surface area contributed by atoms with Gasteiger partial charge in [-0.2, -0.15) is 0 Å². The van der Waals surface area contributed by atoms with E-state index < -0.39 is 0 Å². The van der Waals surface area contributed by atoms with Crippen LogP contribution in [0.15, 0.2) is 30.3 Å². The Bertz CT molecular complexity index is 410. The highest BCUT2D eigenvalue weighted by atomic mass is 15.2. The molecular formula is C17H27N3. The van der Waals surface area contributed by atoms with Gasteiger partial charge >= 0.3 is 0 Å². The second-order valence-electron chi connectivity index (χ2n) is 6.54. The maximum atomic E-state index is 3.85. The number of fused-ring (bicyclic) bond motifs is 3. The van der Waals surface area contributed by atoms with Gasteiger partial charge in [-0.15, -0.1) is 0 Å². The summed E-state index contributed by atoms with van der Waals surface area (Å²) >= 11 is 0. The molecule has 0 aromatic heterocycles. The van der Waals surface area contributed by atoms with Gasteiger partial charge in [0, 0.05) is 25.2 Å². The molecule has 4 rings (SSSR count). The van der Waals surface area contributed by atoms with Crippen LogP contribution in [0, 0.1) is 5.92 Å². The summed E-state index contributed by atoms with van der Waals surface area (Å²) in [5.41, 5.74) is 1.41. The van der Waals surface area contributed by atoms with Crippen LogP contribution in [0.5, 0.6) is 0 Å². The number of rotatable bonds is 5. The van der Waals surface area contributed by atoms with E-state index in [9.17, 15) is 0 Å². The van der Waals surface area contributed by atoms with Crippen LogP contribution >= 0.6 is 0 Å². The van der Waals surface area contributed by atoms with E-state index in [0.29, 0.717) is 12.1 Å². The van der Waals surface area contributed by atoms with Crippen LogP contribution in [0.25, 0.3) is 0 Å². The molecule has 110 valence electrons. The summed E-state index contributed by atoms with van der Waals surface area (Å²) in [6.45, 7) is 4.93. The third-order valence-electron chi connectivity index (χ3n) is 5.04. The summed E-state index contributed by atoms with van der Waals surface area (Å²) in [6, 6.07) is 12.0. The molecule has 3 aliphatic rings. The zero-order chi connectivity index (χ0) is 13.9. The third-order valence-corrected chi connectivity index (χ3v) is 5.04. The van der Waals surface area contributed by atoms with E-state index in [1.807, 2.05) is 0 Å². The molecule has 0 spiro atoms. The molecule has 20 heavy (non-hydrogen) atoms. The van der Waals surface area contributed by atoms with Crippen LogP contribution in [-0.2, 0) is 0 Å². The van der Waals surface area contributed by atoms with Gasteiger partial charge in [-0.25, -0.2) is 0 Å².